The quantitative estimate of drug-likeness (QED) is 0.180. The van der Waals surface area contributed by atoms with Crippen LogP contribution in [0.2, 0.25) is 0 Å². The fourth-order valence-electron chi connectivity index (χ4n) is 8.74. The van der Waals surface area contributed by atoms with Crippen LogP contribution in [0.1, 0.15) is 25.0 Å². The molecule has 0 saturated heterocycles. The van der Waals surface area contributed by atoms with Gasteiger partial charge >= 0.3 is 0 Å². The SMILES string of the molecule is CC1(C)c2cc(-n3c4ccccc4c4ccccc43)ccc2-c2ccc(-n3c4ccccc4c4c5c(ccc43)sc3ccccc35)cc21. The first kappa shape index (κ1) is 26.4. The zero-order chi connectivity index (χ0) is 31.7. The van der Waals surface area contributed by atoms with Crippen molar-refractivity contribution in [2.45, 2.75) is 19.3 Å². The van der Waals surface area contributed by atoms with Gasteiger partial charge in [-0.1, -0.05) is 98.8 Å². The van der Waals surface area contributed by atoms with Gasteiger partial charge in [0.15, 0.2) is 0 Å². The summed E-state index contributed by atoms with van der Waals surface area (Å²) < 4.78 is 7.60. The summed E-state index contributed by atoms with van der Waals surface area (Å²) in [5.74, 6) is 0. The Labute approximate surface area is 281 Å². The number of thiophene rings is 1. The maximum Gasteiger partial charge on any atom is 0.0548 e. The molecule has 2 nitrogen and oxygen atoms in total. The Kier molecular flexibility index (Phi) is 5.09. The lowest BCUT2D eigenvalue weighted by atomic mass is 9.82. The summed E-state index contributed by atoms with van der Waals surface area (Å²) in [5.41, 5.74) is 12.7. The Bertz CT molecular complexity index is 2930. The molecule has 226 valence electrons. The van der Waals surface area contributed by atoms with Gasteiger partial charge in [0.25, 0.3) is 0 Å². The summed E-state index contributed by atoms with van der Waals surface area (Å²) in [6, 6.07) is 54.2. The minimum atomic E-state index is -0.162. The van der Waals surface area contributed by atoms with E-state index in [4.69, 9.17) is 0 Å². The smallest absolute Gasteiger partial charge is 0.0548 e. The van der Waals surface area contributed by atoms with E-state index in [0.29, 0.717) is 0 Å². The number of para-hydroxylation sites is 3. The van der Waals surface area contributed by atoms with Gasteiger partial charge in [-0.25, -0.2) is 0 Å². The molecule has 0 spiro atoms. The maximum absolute atomic E-state index is 2.49. The molecule has 0 N–H and O–H groups in total. The lowest BCUT2D eigenvalue weighted by Gasteiger charge is -2.23. The van der Waals surface area contributed by atoms with Gasteiger partial charge in [0.1, 0.15) is 0 Å². The van der Waals surface area contributed by atoms with E-state index in [9.17, 15) is 0 Å². The zero-order valence-corrected chi connectivity index (χ0v) is 27.5. The van der Waals surface area contributed by atoms with Gasteiger partial charge in [-0.3, -0.25) is 0 Å². The molecule has 0 radical (unpaired) electrons. The second-order valence-corrected chi connectivity index (χ2v) is 14.8. The van der Waals surface area contributed by atoms with E-state index in [1.807, 2.05) is 11.3 Å². The van der Waals surface area contributed by atoms with Crippen molar-refractivity contribution in [2.24, 2.45) is 0 Å². The lowest BCUT2D eigenvalue weighted by Crippen LogP contribution is -2.16. The van der Waals surface area contributed by atoms with E-state index >= 15 is 0 Å². The summed E-state index contributed by atoms with van der Waals surface area (Å²) in [5, 5.41) is 7.95. The molecule has 3 heteroatoms. The van der Waals surface area contributed by atoms with Crippen molar-refractivity contribution >= 4 is 75.1 Å². The predicted octanol–water partition coefficient (Wildman–Crippen LogP) is 12.6. The van der Waals surface area contributed by atoms with Crippen molar-refractivity contribution in [3.05, 3.63) is 157 Å². The van der Waals surface area contributed by atoms with E-state index in [-0.39, 0.29) is 5.41 Å². The van der Waals surface area contributed by atoms with Crippen molar-refractivity contribution < 1.29 is 0 Å². The van der Waals surface area contributed by atoms with Gasteiger partial charge in [-0.2, -0.15) is 0 Å². The Hall–Kier alpha value is -5.64. The molecule has 7 aromatic carbocycles. The largest absolute Gasteiger partial charge is 0.309 e. The molecule has 0 unspecified atom stereocenters. The number of nitrogens with zero attached hydrogens (tertiary/aromatic N) is 2. The second kappa shape index (κ2) is 9.25. The highest BCUT2D eigenvalue weighted by Gasteiger charge is 2.36. The van der Waals surface area contributed by atoms with Crippen LogP contribution in [0.15, 0.2) is 146 Å². The molecule has 0 fully saturated rings. The van der Waals surface area contributed by atoms with Gasteiger partial charge < -0.3 is 9.13 Å². The van der Waals surface area contributed by atoms with E-state index in [2.05, 4.69) is 169 Å². The maximum atomic E-state index is 2.49. The number of rotatable bonds is 2. The third-order valence-electron chi connectivity index (χ3n) is 10.9. The van der Waals surface area contributed by atoms with Crippen molar-refractivity contribution in [3.8, 4) is 22.5 Å². The third kappa shape index (κ3) is 3.31. The van der Waals surface area contributed by atoms with E-state index in [1.165, 1.54) is 97.4 Å². The van der Waals surface area contributed by atoms with Crippen LogP contribution in [0.5, 0.6) is 0 Å². The van der Waals surface area contributed by atoms with E-state index < -0.39 is 0 Å². The number of hydrogen-bond acceptors (Lipinski definition) is 1. The van der Waals surface area contributed by atoms with Crippen LogP contribution in [-0.2, 0) is 5.41 Å². The fraction of sp³-hybridized carbons (Fsp3) is 0.0667. The number of hydrogen-bond donors (Lipinski definition) is 0. The molecule has 11 rings (SSSR count). The molecule has 1 aliphatic rings. The highest BCUT2D eigenvalue weighted by atomic mass is 32.1. The van der Waals surface area contributed by atoms with Crippen LogP contribution in [0.25, 0.3) is 86.3 Å². The van der Waals surface area contributed by atoms with Gasteiger partial charge in [0.05, 0.1) is 22.1 Å². The van der Waals surface area contributed by atoms with Crippen molar-refractivity contribution in [2.75, 3.05) is 0 Å². The number of benzene rings is 7. The molecule has 3 aromatic heterocycles. The molecule has 3 heterocycles. The van der Waals surface area contributed by atoms with Crippen LogP contribution in [0.4, 0.5) is 0 Å². The lowest BCUT2D eigenvalue weighted by molar-refractivity contribution is 0.659. The minimum absolute atomic E-state index is 0.162. The van der Waals surface area contributed by atoms with Crippen LogP contribution in [0, 0.1) is 0 Å². The predicted molar refractivity (Wildman–Crippen MR) is 206 cm³/mol. The minimum Gasteiger partial charge on any atom is -0.309 e. The molecule has 48 heavy (non-hydrogen) atoms. The first-order valence-corrected chi connectivity index (χ1v) is 17.5. The molecule has 0 bridgehead atoms. The summed E-state index contributed by atoms with van der Waals surface area (Å²) in [6.45, 7) is 4.79. The van der Waals surface area contributed by atoms with E-state index in [1.54, 1.807) is 0 Å². The topological polar surface area (TPSA) is 9.86 Å². The average Bonchev–Trinajstić information content (AvgIpc) is 3.83. The summed E-state index contributed by atoms with van der Waals surface area (Å²) in [4.78, 5) is 0. The summed E-state index contributed by atoms with van der Waals surface area (Å²) in [6.07, 6.45) is 0. The Balaban J connectivity index is 1.12. The molecule has 0 saturated carbocycles. The summed E-state index contributed by atoms with van der Waals surface area (Å²) in [7, 11) is 0. The van der Waals surface area contributed by atoms with Gasteiger partial charge in [-0.15, -0.1) is 11.3 Å². The molecular weight excluding hydrogens is 601 g/mol. The van der Waals surface area contributed by atoms with Crippen LogP contribution < -0.4 is 0 Å². The number of aromatic nitrogens is 2. The van der Waals surface area contributed by atoms with Gasteiger partial charge in [0, 0.05) is 58.5 Å². The monoisotopic (exact) mass is 630 g/mol. The standard InChI is InChI=1S/C45H30N2S/c1-45(2)35-25-27(46-37-15-7-3-11-31(37)32-12-4-8-16-38(32)46)19-21-29(35)30-22-20-28(26-36(30)45)47-39-17-9-5-13-33(39)43-40(47)23-24-42-44(43)34-14-6-10-18-41(34)48-42/h3-26H,1-2H3. The van der Waals surface area contributed by atoms with E-state index in [0.717, 1.165) is 0 Å². The first-order valence-electron chi connectivity index (χ1n) is 16.7. The normalized spacial score (nSPS) is 13.8. The average molecular weight is 631 g/mol. The molecule has 0 atom stereocenters. The van der Waals surface area contributed by atoms with Crippen molar-refractivity contribution in [1.29, 1.82) is 0 Å². The van der Waals surface area contributed by atoms with Crippen LogP contribution in [0.3, 0.4) is 0 Å². The highest BCUT2D eigenvalue weighted by Crippen LogP contribution is 2.51. The molecule has 10 aromatic rings. The summed E-state index contributed by atoms with van der Waals surface area (Å²) >= 11 is 1.89. The molecule has 0 amide bonds. The fourth-order valence-corrected chi connectivity index (χ4v) is 9.86. The first-order chi connectivity index (χ1) is 23.6. The molecule has 1 aliphatic carbocycles. The molecular formula is C45H30N2S. The van der Waals surface area contributed by atoms with Crippen molar-refractivity contribution in [1.82, 2.24) is 9.13 Å². The Morgan fingerprint density at radius 2 is 0.917 bits per heavy atom. The van der Waals surface area contributed by atoms with Crippen LogP contribution in [-0.4, -0.2) is 9.13 Å². The van der Waals surface area contributed by atoms with Crippen LogP contribution >= 0.6 is 11.3 Å². The Morgan fingerprint density at radius 1 is 0.417 bits per heavy atom. The van der Waals surface area contributed by atoms with Gasteiger partial charge in [0.2, 0.25) is 0 Å². The van der Waals surface area contributed by atoms with Crippen molar-refractivity contribution in [3.63, 3.8) is 0 Å². The highest BCUT2D eigenvalue weighted by molar-refractivity contribution is 7.26. The Morgan fingerprint density at radius 3 is 1.54 bits per heavy atom. The molecule has 0 aliphatic heterocycles. The second-order valence-electron chi connectivity index (χ2n) is 13.7. The zero-order valence-electron chi connectivity index (χ0n) is 26.7. The third-order valence-corrected chi connectivity index (χ3v) is 12.1. The van der Waals surface area contributed by atoms with Gasteiger partial charge in [-0.05, 0) is 82.9 Å². The number of fused-ring (bicyclic) bond motifs is 13.